The van der Waals surface area contributed by atoms with Crippen molar-refractivity contribution in [2.24, 2.45) is 5.41 Å². The molecule has 9 heteroatoms. The van der Waals surface area contributed by atoms with Crippen molar-refractivity contribution in [2.45, 2.75) is 65.8 Å². The molecular weight excluding hydrogens is 418 g/mol. The lowest BCUT2D eigenvalue weighted by Gasteiger charge is -2.24. The highest BCUT2D eigenvalue weighted by Gasteiger charge is 2.17. The third-order valence-electron chi connectivity index (χ3n) is 3.72. The predicted octanol–water partition coefficient (Wildman–Crippen LogP) is 1.77. The molecule has 1 aromatic rings. The second kappa shape index (κ2) is 12.8. The van der Waals surface area contributed by atoms with Gasteiger partial charge in [-0.2, -0.15) is 10.1 Å². The van der Waals surface area contributed by atoms with Crippen LogP contribution in [0.4, 0.5) is 0 Å². The lowest BCUT2D eigenvalue weighted by Crippen LogP contribution is -3.02. The second-order valence-corrected chi connectivity index (χ2v) is 9.67. The molecule has 0 heterocycles. The summed E-state index contributed by atoms with van der Waals surface area (Å²) in [7, 11) is 0. The molecule has 0 aliphatic rings. The molecule has 182 valence electrons. The number of esters is 1. The molecule has 0 saturated carbocycles. The number of aliphatic hydroxyl groups excluding tert-OH is 2. The van der Waals surface area contributed by atoms with Crippen molar-refractivity contribution >= 4 is 5.97 Å². The second-order valence-electron chi connectivity index (χ2n) is 9.67. The molecule has 0 bridgehead atoms. The number of nitrogens with one attached hydrogen (secondary N) is 1. The standard InChI is InChI=1S/C23H37NO8/c1-22(2,3)13-17(25)14-29-19-8-7-9-20(12-19)30-15-18(26)16-31-21(27)10-11-24(28)32-23(4,5)6/h7-12,17-18,24-26H,13-16H2,1-6H3/b11-10+. The summed E-state index contributed by atoms with van der Waals surface area (Å²) in [5.74, 6) is 0.214. The van der Waals surface area contributed by atoms with Crippen LogP contribution in [0, 0.1) is 10.6 Å². The summed E-state index contributed by atoms with van der Waals surface area (Å²) in [5, 5.41) is 30.9. The van der Waals surface area contributed by atoms with Crippen LogP contribution in [-0.2, 0) is 14.4 Å². The van der Waals surface area contributed by atoms with Crippen LogP contribution in [0.3, 0.4) is 0 Å². The van der Waals surface area contributed by atoms with Crippen LogP contribution in [-0.4, -0.2) is 53.8 Å². The van der Waals surface area contributed by atoms with E-state index in [0.29, 0.717) is 17.9 Å². The molecule has 3 N–H and O–H groups in total. The predicted molar refractivity (Wildman–Crippen MR) is 119 cm³/mol. The molecule has 0 saturated heterocycles. The fourth-order valence-electron chi connectivity index (χ4n) is 2.55. The van der Waals surface area contributed by atoms with Gasteiger partial charge in [0.15, 0.2) is 0 Å². The van der Waals surface area contributed by atoms with Crippen molar-refractivity contribution in [3.8, 4) is 11.5 Å². The van der Waals surface area contributed by atoms with Gasteiger partial charge in [0, 0.05) is 6.07 Å². The Bertz CT molecular complexity index is 723. The van der Waals surface area contributed by atoms with Gasteiger partial charge in [-0.05, 0) is 44.7 Å². The molecule has 0 aromatic heterocycles. The molecule has 0 aliphatic heterocycles. The molecule has 0 spiro atoms. The maximum atomic E-state index is 11.6. The third kappa shape index (κ3) is 14.0. The molecule has 1 aromatic carbocycles. The maximum absolute atomic E-state index is 11.6. The first-order valence-electron chi connectivity index (χ1n) is 10.5. The average Bonchev–Trinajstić information content (AvgIpc) is 2.65. The molecule has 0 aliphatic carbocycles. The number of benzene rings is 1. The lowest BCUT2D eigenvalue weighted by atomic mass is 9.89. The summed E-state index contributed by atoms with van der Waals surface area (Å²) >= 11 is 0. The zero-order chi connectivity index (χ0) is 24.4. The fraction of sp³-hybridized carbons (Fsp3) is 0.609. The van der Waals surface area contributed by atoms with Crippen LogP contribution in [0.1, 0.15) is 48.0 Å². The van der Waals surface area contributed by atoms with Gasteiger partial charge in [-0.3, -0.25) is 0 Å². The number of aliphatic hydroxyl groups is 2. The van der Waals surface area contributed by atoms with Gasteiger partial charge < -0.3 is 29.6 Å². The van der Waals surface area contributed by atoms with Crippen LogP contribution in [0.25, 0.3) is 0 Å². The number of hydrogen-bond donors (Lipinski definition) is 3. The Kier molecular flexibility index (Phi) is 11.1. The van der Waals surface area contributed by atoms with E-state index in [1.807, 2.05) is 20.8 Å². The molecule has 3 unspecified atom stereocenters. The molecular formula is C23H37NO8. The molecule has 9 nitrogen and oxygen atoms in total. The first-order valence-corrected chi connectivity index (χ1v) is 10.5. The Balaban J connectivity index is 2.37. The number of rotatable bonds is 12. The van der Waals surface area contributed by atoms with Crippen molar-refractivity contribution < 1.29 is 39.3 Å². The minimum absolute atomic E-state index is 0.00114. The van der Waals surface area contributed by atoms with Gasteiger partial charge in [-0.1, -0.05) is 26.8 Å². The van der Waals surface area contributed by atoms with Crippen molar-refractivity contribution in [1.29, 1.82) is 0 Å². The van der Waals surface area contributed by atoms with Crippen molar-refractivity contribution in [3.63, 3.8) is 0 Å². The van der Waals surface area contributed by atoms with Gasteiger partial charge in [0.2, 0.25) is 0 Å². The summed E-state index contributed by atoms with van der Waals surface area (Å²) in [4.78, 5) is 16.7. The highest BCUT2D eigenvalue weighted by Crippen LogP contribution is 2.23. The van der Waals surface area contributed by atoms with Crippen LogP contribution < -0.4 is 14.7 Å². The fourth-order valence-corrected chi connectivity index (χ4v) is 2.55. The van der Waals surface area contributed by atoms with Gasteiger partial charge in [-0.15, -0.1) is 0 Å². The van der Waals surface area contributed by atoms with E-state index < -0.39 is 29.0 Å². The van der Waals surface area contributed by atoms with Crippen molar-refractivity contribution in [2.75, 3.05) is 19.8 Å². The molecule has 1 rings (SSSR count). The highest BCUT2D eigenvalue weighted by molar-refractivity contribution is 5.81. The molecule has 0 amide bonds. The Morgan fingerprint density at radius 1 is 1.03 bits per heavy atom. The van der Waals surface area contributed by atoms with Gasteiger partial charge in [0.1, 0.15) is 49.2 Å². The van der Waals surface area contributed by atoms with Crippen molar-refractivity contribution in [1.82, 2.24) is 0 Å². The minimum atomic E-state index is -1.06. The lowest BCUT2D eigenvalue weighted by molar-refractivity contribution is -1.02. The molecule has 3 atom stereocenters. The summed E-state index contributed by atoms with van der Waals surface area (Å²) in [5.41, 5.74) is -0.660. The van der Waals surface area contributed by atoms with Gasteiger partial charge in [0.25, 0.3) is 0 Å². The topological polar surface area (TPSA) is 122 Å². The van der Waals surface area contributed by atoms with Gasteiger partial charge in [0.05, 0.1) is 12.2 Å². The van der Waals surface area contributed by atoms with Gasteiger partial charge >= 0.3 is 5.97 Å². The Morgan fingerprint density at radius 2 is 1.59 bits per heavy atom. The molecule has 0 radical (unpaired) electrons. The van der Waals surface area contributed by atoms with Crippen molar-refractivity contribution in [3.05, 3.63) is 41.7 Å². The van der Waals surface area contributed by atoms with E-state index in [-0.39, 0.29) is 25.2 Å². The summed E-state index contributed by atoms with van der Waals surface area (Å²) in [6.07, 6.45) is 0.880. The number of quaternary nitrogens is 1. The first kappa shape index (κ1) is 27.9. The normalized spacial score (nSPS) is 15.3. The third-order valence-corrected chi connectivity index (χ3v) is 3.72. The number of hydroxylamine groups is 2. The van der Waals surface area contributed by atoms with E-state index in [2.05, 4.69) is 0 Å². The molecule has 0 fully saturated rings. The minimum Gasteiger partial charge on any atom is -0.595 e. The van der Waals surface area contributed by atoms with E-state index in [1.165, 1.54) is 0 Å². The monoisotopic (exact) mass is 455 g/mol. The van der Waals surface area contributed by atoms with Crippen LogP contribution >= 0.6 is 0 Å². The summed E-state index contributed by atoms with van der Waals surface area (Å²) < 4.78 is 16.0. The van der Waals surface area contributed by atoms with E-state index in [4.69, 9.17) is 19.0 Å². The van der Waals surface area contributed by atoms with E-state index in [9.17, 15) is 20.2 Å². The van der Waals surface area contributed by atoms with Crippen LogP contribution in [0.2, 0.25) is 0 Å². The highest BCUT2D eigenvalue weighted by atomic mass is 16.9. The number of carbonyl (C=O) groups excluding carboxylic acids is 1. The van der Waals surface area contributed by atoms with Crippen LogP contribution in [0.5, 0.6) is 11.5 Å². The van der Waals surface area contributed by atoms with E-state index >= 15 is 0 Å². The van der Waals surface area contributed by atoms with Gasteiger partial charge in [-0.25, -0.2) is 4.79 Å². The Morgan fingerprint density at radius 3 is 2.12 bits per heavy atom. The smallest absolute Gasteiger partial charge is 0.336 e. The Labute approximate surface area is 190 Å². The quantitative estimate of drug-likeness (QED) is 0.248. The maximum Gasteiger partial charge on any atom is 0.336 e. The SMILES string of the molecule is CC(C)(C)CC(O)COc1cccc(OCC(O)COC(=O)/C=C/[NH+]([O-])OC(C)(C)C)c1. The van der Waals surface area contributed by atoms with E-state index in [1.54, 1.807) is 45.0 Å². The summed E-state index contributed by atoms with van der Waals surface area (Å²) in [6.45, 7) is 11.0. The zero-order valence-corrected chi connectivity index (χ0v) is 19.8. The number of hydrogen-bond acceptors (Lipinski definition) is 8. The largest absolute Gasteiger partial charge is 0.595 e. The zero-order valence-electron chi connectivity index (χ0n) is 19.8. The van der Waals surface area contributed by atoms with E-state index in [0.717, 1.165) is 12.3 Å². The summed E-state index contributed by atoms with van der Waals surface area (Å²) in [6, 6.07) is 6.81. The number of ether oxygens (including phenoxy) is 3. The average molecular weight is 456 g/mol. The van der Waals surface area contributed by atoms with Crippen LogP contribution in [0.15, 0.2) is 36.5 Å². The molecule has 32 heavy (non-hydrogen) atoms. The number of carbonyl (C=O) groups is 1. The Hall–Kier alpha value is -2.17. The first-order chi connectivity index (χ1) is 14.7.